The molecular weight excluding hydrogens is 352 g/mol. The minimum Gasteiger partial charge on any atom is -0.325 e. The van der Waals surface area contributed by atoms with Crippen LogP contribution in [-0.2, 0) is 4.79 Å². The molecule has 0 heterocycles. The maximum atomic E-state index is 12.6. The molecule has 0 fully saturated rings. The first-order valence-electron chi connectivity index (χ1n) is 5.42. The van der Waals surface area contributed by atoms with Crippen molar-refractivity contribution in [2.24, 2.45) is 5.41 Å². The van der Waals surface area contributed by atoms with Gasteiger partial charge in [0.05, 0.1) is 0 Å². The van der Waals surface area contributed by atoms with Gasteiger partial charge in [0.1, 0.15) is 5.82 Å². The Balaban J connectivity index is 3.45. The topological polar surface area (TPSA) is 29.1 Å². The van der Waals surface area contributed by atoms with Gasteiger partial charge in [0.15, 0.2) is 0 Å². The van der Waals surface area contributed by atoms with Crippen LogP contribution in [0.15, 0.2) is 24.3 Å². The number of nitrogens with one attached hydrogen (secondary N) is 1. The summed E-state index contributed by atoms with van der Waals surface area (Å²) in [6.07, 6.45) is -21.0. The first-order valence-corrected chi connectivity index (χ1v) is 5.42. The molecule has 12 heteroatoms. The molecule has 1 amide bonds. The SMILES string of the molecule is O=C(Nc1ccc(F)cc1)C(C(F)(F)F)(C(F)(F)F)C(F)(F)F. The molecule has 0 aliphatic carbocycles. The number of benzene rings is 1. The molecule has 1 rings (SSSR count). The number of halogens is 10. The highest BCUT2D eigenvalue weighted by atomic mass is 19.4. The third-order valence-corrected chi connectivity index (χ3v) is 2.72. The molecule has 0 radical (unpaired) electrons. The lowest BCUT2D eigenvalue weighted by molar-refractivity contribution is -0.405. The van der Waals surface area contributed by atoms with Crippen molar-refractivity contribution in [1.29, 1.82) is 0 Å². The molecule has 23 heavy (non-hydrogen) atoms. The third kappa shape index (κ3) is 3.20. The van der Waals surface area contributed by atoms with Gasteiger partial charge in [-0.05, 0) is 24.3 Å². The largest absolute Gasteiger partial charge is 0.421 e. The molecule has 1 aromatic carbocycles. The molecule has 1 aromatic rings. The fraction of sp³-hybridized carbons (Fsp3) is 0.364. The van der Waals surface area contributed by atoms with E-state index in [4.69, 9.17) is 0 Å². The van der Waals surface area contributed by atoms with E-state index in [9.17, 15) is 48.7 Å². The molecule has 0 aromatic heterocycles. The quantitative estimate of drug-likeness (QED) is 0.780. The van der Waals surface area contributed by atoms with Gasteiger partial charge in [0.25, 0.3) is 5.91 Å². The summed E-state index contributed by atoms with van der Waals surface area (Å²) in [6, 6.07) is 2.04. The van der Waals surface area contributed by atoms with Crippen LogP contribution in [0.5, 0.6) is 0 Å². The minimum absolute atomic E-state index is 0.501. The van der Waals surface area contributed by atoms with Crippen molar-refractivity contribution in [3.8, 4) is 0 Å². The zero-order chi connectivity index (χ0) is 18.3. The Morgan fingerprint density at radius 3 is 1.39 bits per heavy atom. The molecule has 0 bridgehead atoms. The summed E-state index contributed by atoms with van der Waals surface area (Å²) in [5, 5.41) is 0.864. The Hall–Kier alpha value is -2.01. The van der Waals surface area contributed by atoms with Crippen molar-refractivity contribution < 1.29 is 48.7 Å². The van der Waals surface area contributed by atoms with Crippen molar-refractivity contribution in [3.63, 3.8) is 0 Å². The second-order valence-electron chi connectivity index (χ2n) is 4.20. The molecule has 2 nitrogen and oxygen atoms in total. The zero-order valence-corrected chi connectivity index (χ0v) is 10.5. The molecule has 130 valence electrons. The lowest BCUT2D eigenvalue weighted by Gasteiger charge is -2.36. The van der Waals surface area contributed by atoms with Gasteiger partial charge in [0, 0.05) is 5.69 Å². The van der Waals surface area contributed by atoms with Gasteiger partial charge >= 0.3 is 23.9 Å². The lowest BCUT2D eigenvalue weighted by atomic mass is 9.84. The van der Waals surface area contributed by atoms with Crippen molar-refractivity contribution in [3.05, 3.63) is 30.1 Å². The monoisotopic (exact) mass is 357 g/mol. The predicted octanol–water partition coefficient (Wildman–Crippen LogP) is 4.44. The van der Waals surface area contributed by atoms with E-state index in [-0.39, 0.29) is 0 Å². The van der Waals surface area contributed by atoms with Crippen molar-refractivity contribution in [1.82, 2.24) is 0 Å². The van der Waals surface area contributed by atoms with E-state index in [2.05, 4.69) is 0 Å². The van der Waals surface area contributed by atoms with E-state index in [1.165, 1.54) is 0 Å². The van der Waals surface area contributed by atoms with E-state index in [1.54, 1.807) is 0 Å². The molecule has 0 atom stereocenters. The summed E-state index contributed by atoms with van der Waals surface area (Å²) in [5.74, 6) is -4.37. The molecule has 0 aliphatic heterocycles. The summed E-state index contributed by atoms with van der Waals surface area (Å²) in [4.78, 5) is 11.3. The fourth-order valence-corrected chi connectivity index (χ4v) is 1.63. The molecule has 0 spiro atoms. The Morgan fingerprint density at radius 2 is 1.09 bits per heavy atom. The van der Waals surface area contributed by atoms with Gasteiger partial charge in [-0.15, -0.1) is 0 Å². The van der Waals surface area contributed by atoms with Crippen LogP contribution in [0.3, 0.4) is 0 Å². The minimum atomic E-state index is -7.01. The Bertz CT molecular complexity index is 532. The number of carbonyl (C=O) groups excluding carboxylic acids is 1. The molecule has 0 unspecified atom stereocenters. The van der Waals surface area contributed by atoms with Crippen LogP contribution in [0.4, 0.5) is 49.6 Å². The van der Waals surface area contributed by atoms with Crippen LogP contribution in [0, 0.1) is 11.2 Å². The van der Waals surface area contributed by atoms with E-state index in [0.717, 1.165) is 5.32 Å². The molecule has 0 aliphatic rings. The average Bonchev–Trinajstić information content (AvgIpc) is 2.26. The lowest BCUT2D eigenvalue weighted by Crippen LogP contribution is -2.65. The van der Waals surface area contributed by atoms with Crippen LogP contribution < -0.4 is 5.32 Å². The number of rotatable bonds is 2. The van der Waals surface area contributed by atoms with Crippen molar-refractivity contribution in [2.45, 2.75) is 18.5 Å². The van der Waals surface area contributed by atoms with Gasteiger partial charge in [-0.2, -0.15) is 39.5 Å². The highest BCUT2D eigenvalue weighted by Crippen LogP contribution is 2.59. The molecular formula is C11H5F10NO. The summed E-state index contributed by atoms with van der Waals surface area (Å²) >= 11 is 0. The Labute approximate surface area is 121 Å². The Kier molecular flexibility index (Phi) is 4.61. The smallest absolute Gasteiger partial charge is 0.325 e. The maximum absolute atomic E-state index is 12.6. The summed E-state index contributed by atoms with van der Waals surface area (Å²) in [5.41, 5.74) is -7.50. The van der Waals surface area contributed by atoms with Gasteiger partial charge in [-0.25, -0.2) is 4.39 Å². The molecule has 1 N–H and O–H groups in total. The zero-order valence-electron chi connectivity index (χ0n) is 10.5. The first kappa shape index (κ1) is 19.0. The third-order valence-electron chi connectivity index (χ3n) is 2.72. The average molecular weight is 357 g/mol. The first-order chi connectivity index (χ1) is 10.1. The summed E-state index contributed by atoms with van der Waals surface area (Å²) in [6.45, 7) is 0. The summed E-state index contributed by atoms with van der Waals surface area (Å²) in [7, 11) is 0. The maximum Gasteiger partial charge on any atom is 0.421 e. The highest BCUT2D eigenvalue weighted by Gasteiger charge is 2.88. The molecule has 0 saturated heterocycles. The number of anilines is 1. The Morgan fingerprint density at radius 1 is 0.739 bits per heavy atom. The van der Waals surface area contributed by atoms with Crippen LogP contribution in [-0.4, -0.2) is 24.4 Å². The highest BCUT2D eigenvalue weighted by molar-refractivity contribution is 5.97. The number of hydrogen-bond acceptors (Lipinski definition) is 1. The predicted molar refractivity (Wildman–Crippen MR) is 55.6 cm³/mol. The van der Waals surface area contributed by atoms with E-state index >= 15 is 0 Å². The van der Waals surface area contributed by atoms with Crippen molar-refractivity contribution >= 4 is 11.6 Å². The second-order valence-corrected chi connectivity index (χ2v) is 4.20. The van der Waals surface area contributed by atoms with Gasteiger partial charge in [-0.3, -0.25) is 4.79 Å². The number of hydrogen-bond donors (Lipinski definition) is 1. The normalized spacial score (nSPS) is 13.8. The van der Waals surface area contributed by atoms with E-state index in [1.807, 2.05) is 0 Å². The van der Waals surface area contributed by atoms with Crippen LogP contribution in [0.2, 0.25) is 0 Å². The summed E-state index contributed by atoms with van der Waals surface area (Å²) < 4.78 is 126. The van der Waals surface area contributed by atoms with Gasteiger partial charge < -0.3 is 5.32 Å². The second kappa shape index (κ2) is 5.57. The number of amides is 1. The van der Waals surface area contributed by atoms with E-state index < -0.39 is 41.4 Å². The number of alkyl halides is 9. The van der Waals surface area contributed by atoms with Crippen LogP contribution >= 0.6 is 0 Å². The van der Waals surface area contributed by atoms with Gasteiger partial charge in [-0.1, -0.05) is 0 Å². The fourth-order valence-electron chi connectivity index (χ4n) is 1.63. The van der Waals surface area contributed by atoms with E-state index in [0.29, 0.717) is 24.3 Å². The number of carbonyl (C=O) groups is 1. The standard InChI is InChI=1S/C11H5F10NO/c12-5-1-3-6(4-2-5)22-7(23)8(9(13,14)15,10(16,17)18)11(19,20)21/h1-4H,(H,22,23). The molecule has 0 saturated carbocycles. The van der Waals surface area contributed by atoms with Crippen LogP contribution in [0.1, 0.15) is 0 Å². The van der Waals surface area contributed by atoms with Gasteiger partial charge in [0.2, 0.25) is 0 Å². The van der Waals surface area contributed by atoms with Crippen LogP contribution in [0.25, 0.3) is 0 Å². The van der Waals surface area contributed by atoms with Crippen molar-refractivity contribution in [2.75, 3.05) is 5.32 Å².